The van der Waals surface area contributed by atoms with Crippen molar-refractivity contribution in [3.63, 3.8) is 0 Å². The molecule has 3 N–H and O–H groups in total. The van der Waals surface area contributed by atoms with Gasteiger partial charge in [0, 0.05) is 0 Å². The summed E-state index contributed by atoms with van der Waals surface area (Å²) in [5, 5.41) is 2.23. The maximum Gasteiger partial charge on any atom is 0.313 e. The van der Waals surface area contributed by atoms with Gasteiger partial charge in [0.05, 0.1) is 10.7 Å². The number of carbonyl (C=O) groups excluding carboxylic acids is 2. The molecule has 0 saturated heterocycles. The Labute approximate surface area is 90.2 Å². The number of carbonyl (C=O) groups is 2. The molecular formula is C9H8ClFN2O2. The van der Waals surface area contributed by atoms with Gasteiger partial charge in [-0.2, -0.15) is 0 Å². The van der Waals surface area contributed by atoms with Crippen molar-refractivity contribution in [3.05, 3.63) is 28.5 Å². The number of hydrogen-bond donors (Lipinski definition) is 2. The van der Waals surface area contributed by atoms with E-state index in [2.05, 4.69) is 5.32 Å². The fraction of sp³-hybridized carbons (Fsp3) is 0.111. The molecule has 0 unspecified atom stereocenters. The number of benzene rings is 1. The van der Waals surface area contributed by atoms with Gasteiger partial charge >= 0.3 is 11.8 Å². The van der Waals surface area contributed by atoms with E-state index in [0.717, 1.165) is 6.07 Å². The van der Waals surface area contributed by atoms with Crippen LogP contribution in [0.4, 0.5) is 10.1 Å². The number of hydrogen-bond acceptors (Lipinski definition) is 2. The van der Waals surface area contributed by atoms with Crippen LogP contribution in [0.3, 0.4) is 0 Å². The molecule has 1 aromatic rings. The lowest BCUT2D eigenvalue weighted by Gasteiger charge is -2.06. The van der Waals surface area contributed by atoms with Crippen molar-refractivity contribution >= 4 is 29.1 Å². The zero-order chi connectivity index (χ0) is 11.6. The van der Waals surface area contributed by atoms with Crippen molar-refractivity contribution in [3.8, 4) is 0 Å². The van der Waals surface area contributed by atoms with E-state index in [-0.39, 0.29) is 10.7 Å². The first-order valence-corrected chi connectivity index (χ1v) is 4.36. The molecule has 0 aromatic heterocycles. The summed E-state index contributed by atoms with van der Waals surface area (Å²) in [6.45, 7) is 1.53. The summed E-state index contributed by atoms with van der Waals surface area (Å²) in [5.74, 6) is -2.73. The van der Waals surface area contributed by atoms with E-state index in [1.165, 1.54) is 13.0 Å². The van der Waals surface area contributed by atoms with E-state index in [4.69, 9.17) is 17.3 Å². The quantitative estimate of drug-likeness (QED) is 0.712. The lowest BCUT2D eigenvalue weighted by molar-refractivity contribution is -0.134. The molecule has 0 aliphatic rings. The molecule has 0 aliphatic carbocycles. The van der Waals surface area contributed by atoms with Gasteiger partial charge in [0.1, 0.15) is 5.82 Å². The van der Waals surface area contributed by atoms with Crippen LogP contribution < -0.4 is 11.1 Å². The average Bonchev–Trinajstić information content (AvgIpc) is 2.13. The fourth-order valence-corrected chi connectivity index (χ4v) is 1.19. The topological polar surface area (TPSA) is 72.2 Å². The second kappa shape index (κ2) is 4.27. The number of amides is 2. The summed E-state index contributed by atoms with van der Waals surface area (Å²) < 4.78 is 13.1. The molecule has 15 heavy (non-hydrogen) atoms. The minimum Gasteiger partial charge on any atom is -0.361 e. The van der Waals surface area contributed by atoms with E-state index in [0.29, 0.717) is 5.56 Å². The minimum atomic E-state index is -1.16. The lowest BCUT2D eigenvalue weighted by atomic mass is 10.2. The molecule has 0 heterocycles. The van der Waals surface area contributed by atoms with E-state index in [9.17, 15) is 14.0 Å². The monoisotopic (exact) mass is 230 g/mol. The van der Waals surface area contributed by atoms with Crippen LogP contribution in [0.1, 0.15) is 5.56 Å². The highest BCUT2D eigenvalue weighted by molar-refractivity contribution is 6.41. The summed E-state index contributed by atoms with van der Waals surface area (Å²) in [6.07, 6.45) is 0. The van der Waals surface area contributed by atoms with Crippen LogP contribution in [0, 0.1) is 12.7 Å². The Kier molecular flexibility index (Phi) is 3.26. The van der Waals surface area contributed by atoms with Crippen LogP contribution in [-0.2, 0) is 9.59 Å². The highest BCUT2D eigenvalue weighted by Crippen LogP contribution is 2.24. The van der Waals surface area contributed by atoms with Gasteiger partial charge in [-0.15, -0.1) is 0 Å². The lowest BCUT2D eigenvalue weighted by Crippen LogP contribution is -2.29. The third-order valence-corrected chi connectivity index (χ3v) is 2.03. The molecule has 0 fully saturated rings. The molecule has 4 nitrogen and oxygen atoms in total. The molecule has 80 valence electrons. The van der Waals surface area contributed by atoms with Crippen LogP contribution in [0.2, 0.25) is 5.02 Å². The second-order valence-electron chi connectivity index (χ2n) is 2.90. The molecule has 1 aromatic carbocycles. The first-order chi connectivity index (χ1) is 6.91. The highest BCUT2D eigenvalue weighted by atomic mass is 35.5. The van der Waals surface area contributed by atoms with Gasteiger partial charge in [-0.05, 0) is 24.6 Å². The van der Waals surface area contributed by atoms with E-state index in [1.807, 2.05) is 0 Å². The first kappa shape index (κ1) is 11.5. The van der Waals surface area contributed by atoms with E-state index < -0.39 is 17.6 Å². The summed E-state index contributed by atoms with van der Waals surface area (Å²) in [7, 11) is 0. The summed E-state index contributed by atoms with van der Waals surface area (Å²) in [6, 6.07) is 2.37. The summed E-state index contributed by atoms with van der Waals surface area (Å²) in [4.78, 5) is 21.3. The maximum absolute atomic E-state index is 13.1. The molecule has 0 aliphatic heterocycles. The van der Waals surface area contributed by atoms with Crippen molar-refractivity contribution in [2.24, 2.45) is 5.73 Å². The first-order valence-electron chi connectivity index (χ1n) is 3.98. The predicted octanol–water partition coefficient (Wildman–Crippen LogP) is 1.21. The average molecular weight is 231 g/mol. The normalized spacial score (nSPS) is 9.80. The van der Waals surface area contributed by atoms with Crippen LogP contribution in [0.25, 0.3) is 0 Å². The SMILES string of the molecule is Cc1cc(Cl)c(NC(=O)C(N)=O)cc1F. The molecule has 0 spiro atoms. The number of rotatable bonds is 1. The summed E-state index contributed by atoms with van der Waals surface area (Å²) in [5.41, 5.74) is 5.08. The molecule has 6 heteroatoms. The van der Waals surface area contributed by atoms with Crippen molar-refractivity contribution < 1.29 is 14.0 Å². The minimum absolute atomic E-state index is 0.0172. The van der Waals surface area contributed by atoms with Gasteiger partial charge in [0.2, 0.25) is 0 Å². The van der Waals surface area contributed by atoms with Crippen LogP contribution in [-0.4, -0.2) is 11.8 Å². The van der Waals surface area contributed by atoms with Crippen molar-refractivity contribution in [1.29, 1.82) is 0 Å². The van der Waals surface area contributed by atoms with Crippen molar-refractivity contribution in [1.82, 2.24) is 0 Å². The maximum atomic E-state index is 13.1. The number of primary amides is 1. The number of aryl methyl sites for hydroxylation is 1. The van der Waals surface area contributed by atoms with Crippen LogP contribution in [0.5, 0.6) is 0 Å². The fourth-order valence-electron chi connectivity index (χ4n) is 0.926. The Morgan fingerprint density at radius 2 is 2.07 bits per heavy atom. The zero-order valence-corrected chi connectivity index (χ0v) is 8.56. The third-order valence-electron chi connectivity index (χ3n) is 1.72. The summed E-state index contributed by atoms with van der Waals surface area (Å²) >= 11 is 5.72. The molecule has 0 radical (unpaired) electrons. The van der Waals surface area contributed by atoms with Gasteiger partial charge in [-0.3, -0.25) is 9.59 Å². The largest absolute Gasteiger partial charge is 0.361 e. The molecule has 1 rings (SSSR count). The molecule has 0 saturated carbocycles. The Hall–Kier alpha value is -1.62. The Balaban J connectivity index is 3.01. The van der Waals surface area contributed by atoms with Gasteiger partial charge < -0.3 is 11.1 Å². The van der Waals surface area contributed by atoms with Gasteiger partial charge in [-0.25, -0.2) is 4.39 Å². The smallest absolute Gasteiger partial charge is 0.313 e. The molecule has 0 atom stereocenters. The number of halogens is 2. The zero-order valence-electron chi connectivity index (χ0n) is 7.80. The van der Waals surface area contributed by atoms with Crippen molar-refractivity contribution in [2.45, 2.75) is 6.92 Å². The third kappa shape index (κ3) is 2.66. The molecular weight excluding hydrogens is 223 g/mol. The molecule has 0 bridgehead atoms. The number of nitrogens with one attached hydrogen (secondary N) is 1. The van der Waals surface area contributed by atoms with Crippen LogP contribution >= 0.6 is 11.6 Å². The standard InChI is InChI=1S/C9H8ClFN2O2/c1-4-2-5(10)7(3-6(4)11)13-9(15)8(12)14/h2-3H,1H3,(H2,12,14)(H,13,15). The number of anilines is 1. The Morgan fingerprint density at radius 3 is 2.60 bits per heavy atom. The van der Waals surface area contributed by atoms with Gasteiger partial charge in [-0.1, -0.05) is 11.6 Å². The molecule has 2 amide bonds. The van der Waals surface area contributed by atoms with Gasteiger partial charge in [0.15, 0.2) is 0 Å². The van der Waals surface area contributed by atoms with Crippen LogP contribution in [0.15, 0.2) is 12.1 Å². The second-order valence-corrected chi connectivity index (χ2v) is 3.31. The van der Waals surface area contributed by atoms with Crippen molar-refractivity contribution in [2.75, 3.05) is 5.32 Å². The van der Waals surface area contributed by atoms with E-state index in [1.54, 1.807) is 0 Å². The Bertz CT molecular complexity index is 434. The van der Waals surface area contributed by atoms with Gasteiger partial charge in [0.25, 0.3) is 0 Å². The highest BCUT2D eigenvalue weighted by Gasteiger charge is 2.12. The number of nitrogens with two attached hydrogens (primary N) is 1. The predicted molar refractivity (Wildman–Crippen MR) is 54.0 cm³/mol. The van der Waals surface area contributed by atoms with E-state index >= 15 is 0 Å². The Morgan fingerprint density at radius 1 is 1.47 bits per heavy atom.